The van der Waals surface area contributed by atoms with Crippen LogP contribution in [0, 0.1) is 13.8 Å². The van der Waals surface area contributed by atoms with Crippen molar-refractivity contribution >= 4 is 5.91 Å². The first kappa shape index (κ1) is 15.4. The summed E-state index contributed by atoms with van der Waals surface area (Å²) in [7, 11) is 0. The normalized spacial score (nSPS) is 21.1. The average molecular weight is 325 g/mol. The van der Waals surface area contributed by atoms with Crippen LogP contribution >= 0.6 is 0 Å². The van der Waals surface area contributed by atoms with Gasteiger partial charge in [-0.15, -0.1) is 0 Å². The number of hydrogen-bond acceptors (Lipinski definition) is 4. The summed E-state index contributed by atoms with van der Waals surface area (Å²) in [5, 5.41) is 3.91. The molecular formula is C19H23N3O2. The standard InChI is InChI=1S/C19H23N3O2/c1-13-18(14(2)24-20-13)19(23)22-10-8-17(12-22)21-9-7-15-5-3-4-6-16(15)11-21/h3-6,17H,7-12H2,1-2H3. The smallest absolute Gasteiger partial charge is 0.259 e. The largest absolute Gasteiger partial charge is 0.361 e. The van der Waals surface area contributed by atoms with Crippen LogP contribution in [0.4, 0.5) is 0 Å². The SMILES string of the molecule is Cc1noc(C)c1C(=O)N1CCC(N2CCc3ccccc3C2)C1. The van der Waals surface area contributed by atoms with E-state index in [0.717, 1.165) is 39.0 Å². The number of rotatable bonds is 2. The van der Waals surface area contributed by atoms with Crippen molar-refractivity contribution in [2.45, 2.75) is 39.3 Å². The quantitative estimate of drug-likeness (QED) is 0.851. The Balaban J connectivity index is 1.45. The van der Waals surface area contributed by atoms with Crippen molar-refractivity contribution in [3.8, 4) is 0 Å². The Morgan fingerprint density at radius 1 is 1.21 bits per heavy atom. The lowest BCUT2D eigenvalue weighted by molar-refractivity contribution is 0.0771. The Labute approximate surface area is 142 Å². The summed E-state index contributed by atoms with van der Waals surface area (Å²) < 4.78 is 5.15. The Morgan fingerprint density at radius 2 is 2.00 bits per heavy atom. The van der Waals surface area contributed by atoms with Gasteiger partial charge in [0, 0.05) is 32.2 Å². The number of hydrogen-bond donors (Lipinski definition) is 0. The van der Waals surface area contributed by atoms with Gasteiger partial charge in [-0.2, -0.15) is 0 Å². The fourth-order valence-electron chi connectivity index (χ4n) is 4.00. The zero-order chi connectivity index (χ0) is 16.7. The summed E-state index contributed by atoms with van der Waals surface area (Å²) >= 11 is 0. The number of aryl methyl sites for hydroxylation is 2. The Kier molecular flexibility index (Phi) is 3.88. The van der Waals surface area contributed by atoms with Gasteiger partial charge in [0.1, 0.15) is 11.3 Å². The highest BCUT2D eigenvalue weighted by Crippen LogP contribution is 2.26. The fraction of sp³-hybridized carbons (Fsp3) is 0.474. The van der Waals surface area contributed by atoms with E-state index >= 15 is 0 Å². The number of benzene rings is 1. The lowest BCUT2D eigenvalue weighted by atomic mass is 9.98. The van der Waals surface area contributed by atoms with E-state index in [1.165, 1.54) is 11.1 Å². The van der Waals surface area contributed by atoms with Crippen molar-refractivity contribution in [1.82, 2.24) is 15.0 Å². The van der Waals surface area contributed by atoms with Crippen LogP contribution in [0.15, 0.2) is 28.8 Å². The topological polar surface area (TPSA) is 49.6 Å². The molecule has 2 aromatic rings. The summed E-state index contributed by atoms with van der Waals surface area (Å²) in [5.41, 5.74) is 4.22. The Morgan fingerprint density at radius 3 is 2.75 bits per heavy atom. The van der Waals surface area contributed by atoms with Crippen LogP contribution in [0.1, 0.15) is 39.4 Å². The molecule has 3 heterocycles. The molecular weight excluding hydrogens is 302 g/mol. The first-order chi connectivity index (χ1) is 11.6. The molecule has 2 aliphatic rings. The van der Waals surface area contributed by atoms with Gasteiger partial charge in [-0.25, -0.2) is 0 Å². The van der Waals surface area contributed by atoms with Crippen LogP contribution in [0.3, 0.4) is 0 Å². The summed E-state index contributed by atoms with van der Waals surface area (Å²) in [5.74, 6) is 0.680. The minimum Gasteiger partial charge on any atom is -0.361 e. The number of carbonyl (C=O) groups is 1. The summed E-state index contributed by atoms with van der Waals surface area (Å²) in [4.78, 5) is 17.3. The van der Waals surface area contributed by atoms with E-state index in [1.807, 2.05) is 18.7 Å². The van der Waals surface area contributed by atoms with Crippen LogP contribution in [0.25, 0.3) is 0 Å². The summed E-state index contributed by atoms with van der Waals surface area (Å²) in [6.45, 7) is 7.32. The molecule has 0 N–H and O–H groups in total. The molecule has 24 heavy (non-hydrogen) atoms. The van der Waals surface area contributed by atoms with Crippen molar-refractivity contribution in [2.75, 3.05) is 19.6 Å². The van der Waals surface area contributed by atoms with Gasteiger partial charge in [-0.1, -0.05) is 29.4 Å². The maximum Gasteiger partial charge on any atom is 0.259 e. The second-order valence-electron chi connectivity index (χ2n) is 6.88. The van der Waals surface area contributed by atoms with Crippen molar-refractivity contribution in [2.24, 2.45) is 0 Å². The van der Waals surface area contributed by atoms with Gasteiger partial charge in [0.2, 0.25) is 0 Å². The molecule has 0 saturated carbocycles. The molecule has 126 valence electrons. The fourth-order valence-corrected chi connectivity index (χ4v) is 4.00. The molecule has 2 aliphatic heterocycles. The molecule has 0 aliphatic carbocycles. The minimum atomic E-state index is 0.0613. The van der Waals surface area contributed by atoms with Crippen LogP contribution in [0.5, 0.6) is 0 Å². The van der Waals surface area contributed by atoms with Crippen molar-refractivity contribution < 1.29 is 9.32 Å². The molecule has 1 atom stereocenters. The van der Waals surface area contributed by atoms with Gasteiger partial charge in [-0.05, 0) is 37.8 Å². The maximum atomic E-state index is 12.8. The minimum absolute atomic E-state index is 0.0613. The zero-order valence-corrected chi connectivity index (χ0v) is 14.3. The van der Waals surface area contributed by atoms with E-state index in [4.69, 9.17) is 4.52 Å². The number of carbonyl (C=O) groups excluding carboxylic acids is 1. The molecule has 5 nitrogen and oxygen atoms in total. The first-order valence-corrected chi connectivity index (χ1v) is 8.66. The van der Waals surface area contributed by atoms with Crippen molar-refractivity contribution in [3.05, 3.63) is 52.4 Å². The van der Waals surface area contributed by atoms with Crippen molar-refractivity contribution in [3.63, 3.8) is 0 Å². The molecule has 0 spiro atoms. The molecule has 1 fully saturated rings. The van der Waals surface area contributed by atoms with Crippen LogP contribution in [-0.4, -0.2) is 46.5 Å². The molecule has 0 radical (unpaired) electrons. The van der Waals surface area contributed by atoms with Crippen LogP contribution in [0.2, 0.25) is 0 Å². The molecule has 1 aromatic carbocycles. The Bertz CT molecular complexity index is 748. The zero-order valence-electron chi connectivity index (χ0n) is 14.3. The van der Waals surface area contributed by atoms with Gasteiger partial charge in [-0.3, -0.25) is 9.69 Å². The van der Waals surface area contributed by atoms with Gasteiger partial charge in [0.05, 0.1) is 5.69 Å². The summed E-state index contributed by atoms with van der Waals surface area (Å²) in [6, 6.07) is 9.14. The van der Waals surface area contributed by atoms with E-state index in [1.54, 1.807) is 0 Å². The van der Waals surface area contributed by atoms with Gasteiger partial charge in [0.25, 0.3) is 5.91 Å². The lowest BCUT2D eigenvalue weighted by Crippen LogP contribution is -2.41. The Hall–Kier alpha value is -2.14. The predicted octanol–water partition coefficient (Wildman–Crippen LogP) is 2.56. The molecule has 1 unspecified atom stereocenters. The number of aromatic nitrogens is 1. The van der Waals surface area contributed by atoms with Gasteiger partial charge in [0.15, 0.2) is 0 Å². The highest BCUT2D eigenvalue weighted by atomic mass is 16.5. The number of fused-ring (bicyclic) bond motifs is 1. The number of nitrogens with zero attached hydrogens (tertiary/aromatic N) is 3. The second kappa shape index (κ2) is 6.06. The molecule has 5 heteroatoms. The molecule has 1 amide bonds. The monoisotopic (exact) mass is 325 g/mol. The third kappa shape index (κ3) is 2.63. The van der Waals surface area contributed by atoms with E-state index in [-0.39, 0.29) is 5.91 Å². The van der Waals surface area contributed by atoms with Gasteiger partial charge < -0.3 is 9.42 Å². The van der Waals surface area contributed by atoms with Crippen LogP contribution < -0.4 is 0 Å². The van der Waals surface area contributed by atoms with Gasteiger partial charge >= 0.3 is 0 Å². The summed E-state index contributed by atoms with van der Waals surface area (Å²) in [6.07, 6.45) is 2.14. The third-order valence-electron chi connectivity index (χ3n) is 5.37. The van der Waals surface area contributed by atoms with E-state index < -0.39 is 0 Å². The van der Waals surface area contributed by atoms with Crippen LogP contribution in [-0.2, 0) is 13.0 Å². The predicted molar refractivity (Wildman–Crippen MR) is 90.8 cm³/mol. The van der Waals surface area contributed by atoms with E-state index in [9.17, 15) is 4.79 Å². The number of amides is 1. The molecule has 1 aromatic heterocycles. The van der Waals surface area contributed by atoms with Crippen molar-refractivity contribution in [1.29, 1.82) is 0 Å². The molecule has 1 saturated heterocycles. The molecule has 0 bridgehead atoms. The highest BCUT2D eigenvalue weighted by molar-refractivity contribution is 5.96. The third-order valence-corrected chi connectivity index (χ3v) is 5.37. The lowest BCUT2D eigenvalue weighted by Gasteiger charge is -2.33. The highest BCUT2D eigenvalue weighted by Gasteiger charge is 2.34. The van der Waals surface area contributed by atoms with E-state index in [0.29, 0.717) is 23.1 Å². The first-order valence-electron chi connectivity index (χ1n) is 8.66. The average Bonchev–Trinajstić information content (AvgIpc) is 3.21. The second-order valence-corrected chi connectivity index (χ2v) is 6.88. The number of likely N-dealkylation sites (tertiary alicyclic amines) is 1. The van der Waals surface area contributed by atoms with E-state index in [2.05, 4.69) is 34.3 Å². The molecule has 4 rings (SSSR count). The maximum absolute atomic E-state index is 12.8.